The topological polar surface area (TPSA) is 59.5 Å². The average molecular weight is 256 g/mol. The average Bonchev–Trinajstić information content (AvgIpc) is 2.73. The molecule has 5 nitrogen and oxygen atoms in total. The summed E-state index contributed by atoms with van der Waals surface area (Å²) >= 11 is 1.43. The van der Waals surface area contributed by atoms with Crippen molar-refractivity contribution in [1.29, 1.82) is 0 Å². The second kappa shape index (κ2) is 5.77. The molecule has 1 aromatic heterocycles. The van der Waals surface area contributed by atoms with Crippen LogP contribution >= 0.6 is 11.3 Å². The molecule has 1 amide bonds. The molecule has 17 heavy (non-hydrogen) atoms. The molecule has 94 valence electrons. The van der Waals surface area contributed by atoms with Crippen molar-refractivity contribution in [1.82, 2.24) is 9.88 Å². The van der Waals surface area contributed by atoms with Crippen LogP contribution in [0.2, 0.25) is 0 Å². The second-order valence-electron chi connectivity index (χ2n) is 3.86. The minimum Gasteiger partial charge on any atom is -0.469 e. The van der Waals surface area contributed by atoms with E-state index in [1.54, 1.807) is 19.4 Å². The lowest BCUT2D eigenvalue weighted by Crippen LogP contribution is -2.34. The van der Waals surface area contributed by atoms with E-state index in [2.05, 4.69) is 9.72 Å². The zero-order valence-electron chi connectivity index (χ0n) is 10.4. The summed E-state index contributed by atoms with van der Waals surface area (Å²) in [5.74, 6) is -0.835. The predicted molar refractivity (Wildman–Crippen MR) is 65.0 cm³/mol. The Bertz CT molecular complexity index is 417. The number of aromatic nitrogens is 1. The molecular weight excluding hydrogens is 240 g/mol. The van der Waals surface area contributed by atoms with E-state index in [1.165, 1.54) is 23.3 Å². The molecule has 0 aliphatic heterocycles. The maximum absolute atomic E-state index is 11.9. The Morgan fingerprint density at radius 1 is 1.59 bits per heavy atom. The molecule has 1 atom stereocenters. The minimum absolute atomic E-state index is 0.176. The van der Waals surface area contributed by atoms with Gasteiger partial charge in [0.1, 0.15) is 5.69 Å². The van der Waals surface area contributed by atoms with E-state index < -0.39 is 0 Å². The van der Waals surface area contributed by atoms with Gasteiger partial charge >= 0.3 is 5.97 Å². The molecule has 0 saturated carbocycles. The first kappa shape index (κ1) is 13.6. The fraction of sp³-hybridized carbons (Fsp3) is 0.545. The van der Waals surface area contributed by atoms with Crippen LogP contribution in [0.25, 0.3) is 0 Å². The Morgan fingerprint density at radius 2 is 2.24 bits per heavy atom. The van der Waals surface area contributed by atoms with E-state index in [0.29, 0.717) is 12.2 Å². The number of carbonyl (C=O) groups is 2. The van der Waals surface area contributed by atoms with Gasteiger partial charge in [0.15, 0.2) is 0 Å². The monoisotopic (exact) mass is 256 g/mol. The van der Waals surface area contributed by atoms with Crippen LogP contribution in [0.15, 0.2) is 5.38 Å². The molecule has 0 N–H and O–H groups in total. The number of methoxy groups -OCH3 is 1. The summed E-state index contributed by atoms with van der Waals surface area (Å²) in [6.45, 7) is 3.89. The first-order chi connectivity index (χ1) is 7.95. The van der Waals surface area contributed by atoms with E-state index in [1.807, 2.05) is 6.92 Å². The van der Waals surface area contributed by atoms with Crippen LogP contribution in [-0.4, -0.2) is 42.5 Å². The molecule has 0 aliphatic carbocycles. The molecule has 6 heteroatoms. The highest BCUT2D eigenvalue weighted by Gasteiger charge is 2.20. The molecule has 0 radical (unpaired) electrons. The highest BCUT2D eigenvalue weighted by Crippen LogP contribution is 2.11. The Labute approximate surface area is 104 Å². The lowest BCUT2D eigenvalue weighted by molar-refractivity contribution is -0.145. The molecule has 0 aromatic carbocycles. The summed E-state index contributed by atoms with van der Waals surface area (Å²) in [6.07, 6.45) is 0. The second-order valence-corrected chi connectivity index (χ2v) is 4.92. The number of aryl methyl sites for hydroxylation is 1. The third-order valence-corrected chi connectivity index (χ3v) is 3.11. The van der Waals surface area contributed by atoms with Gasteiger partial charge in [-0.1, -0.05) is 6.92 Å². The number of carbonyl (C=O) groups excluding carboxylic acids is 2. The summed E-state index contributed by atoms with van der Waals surface area (Å²) in [4.78, 5) is 28.8. The van der Waals surface area contributed by atoms with Gasteiger partial charge in [0, 0.05) is 19.0 Å². The first-order valence-corrected chi connectivity index (χ1v) is 6.09. The number of amides is 1. The minimum atomic E-state index is -0.339. The van der Waals surface area contributed by atoms with E-state index in [0.717, 1.165) is 5.01 Å². The lowest BCUT2D eigenvalue weighted by atomic mass is 10.1. The molecule has 1 rings (SSSR count). The zero-order chi connectivity index (χ0) is 13.0. The lowest BCUT2D eigenvalue weighted by Gasteiger charge is -2.19. The van der Waals surface area contributed by atoms with Crippen molar-refractivity contribution >= 4 is 23.2 Å². The zero-order valence-corrected chi connectivity index (χ0v) is 11.2. The summed E-state index contributed by atoms with van der Waals surface area (Å²) in [6, 6.07) is 0. The predicted octanol–water partition coefficient (Wildman–Crippen LogP) is 1.33. The third-order valence-electron chi connectivity index (χ3n) is 2.34. The van der Waals surface area contributed by atoms with Crippen LogP contribution in [0.5, 0.6) is 0 Å². The largest absolute Gasteiger partial charge is 0.469 e. The summed E-state index contributed by atoms with van der Waals surface area (Å²) in [5.41, 5.74) is 0.423. The molecule has 1 aromatic rings. The summed E-state index contributed by atoms with van der Waals surface area (Å²) in [7, 11) is 2.99. The van der Waals surface area contributed by atoms with Crippen LogP contribution in [0.3, 0.4) is 0 Å². The van der Waals surface area contributed by atoms with Crippen molar-refractivity contribution < 1.29 is 14.3 Å². The van der Waals surface area contributed by atoms with Crippen molar-refractivity contribution in [2.75, 3.05) is 20.7 Å². The standard InChI is InChI=1S/C11H16N2O3S/c1-7(11(15)16-4)5-13(3)10(14)9-6-17-8(2)12-9/h6-7H,5H2,1-4H3. The molecule has 0 bridgehead atoms. The SMILES string of the molecule is COC(=O)C(C)CN(C)C(=O)c1csc(C)n1. The van der Waals surface area contributed by atoms with Crippen LogP contribution < -0.4 is 0 Å². The smallest absolute Gasteiger partial charge is 0.310 e. The van der Waals surface area contributed by atoms with Gasteiger partial charge in [-0.15, -0.1) is 11.3 Å². The van der Waals surface area contributed by atoms with E-state index >= 15 is 0 Å². The number of thiazole rings is 1. The van der Waals surface area contributed by atoms with Gasteiger partial charge < -0.3 is 9.64 Å². The van der Waals surface area contributed by atoms with E-state index in [4.69, 9.17) is 0 Å². The van der Waals surface area contributed by atoms with Gasteiger partial charge in [-0.3, -0.25) is 9.59 Å². The molecular formula is C11H16N2O3S. The number of ether oxygens (including phenoxy) is 1. The maximum atomic E-state index is 11.9. The number of hydrogen-bond acceptors (Lipinski definition) is 5. The van der Waals surface area contributed by atoms with E-state index in [9.17, 15) is 9.59 Å². The summed E-state index contributed by atoms with van der Waals surface area (Å²) < 4.78 is 4.61. The number of rotatable bonds is 4. The highest BCUT2D eigenvalue weighted by atomic mass is 32.1. The van der Waals surface area contributed by atoms with Crippen molar-refractivity contribution in [2.24, 2.45) is 5.92 Å². The molecule has 0 aliphatic rings. The molecule has 0 saturated heterocycles. The van der Waals surface area contributed by atoms with Crippen LogP contribution in [0.1, 0.15) is 22.4 Å². The Balaban J connectivity index is 2.62. The maximum Gasteiger partial charge on any atom is 0.310 e. The van der Waals surface area contributed by atoms with Crippen molar-refractivity contribution in [3.63, 3.8) is 0 Å². The van der Waals surface area contributed by atoms with Crippen molar-refractivity contribution in [3.8, 4) is 0 Å². The van der Waals surface area contributed by atoms with Gasteiger partial charge in [0.25, 0.3) is 5.91 Å². The molecule has 1 heterocycles. The fourth-order valence-corrected chi connectivity index (χ4v) is 2.01. The van der Waals surface area contributed by atoms with Crippen molar-refractivity contribution in [3.05, 3.63) is 16.1 Å². The Morgan fingerprint density at radius 3 is 2.71 bits per heavy atom. The van der Waals surface area contributed by atoms with Gasteiger partial charge in [-0.05, 0) is 6.92 Å². The number of esters is 1. The van der Waals surface area contributed by atoms with Gasteiger partial charge in [0.05, 0.1) is 18.0 Å². The van der Waals surface area contributed by atoms with Crippen LogP contribution in [0.4, 0.5) is 0 Å². The molecule has 1 unspecified atom stereocenters. The highest BCUT2D eigenvalue weighted by molar-refractivity contribution is 7.09. The van der Waals surface area contributed by atoms with Crippen molar-refractivity contribution in [2.45, 2.75) is 13.8 Å². The molecule has 0 spiro atoms. The Kier molecular flexibility index (Phi) is 4.62. The third kappa shape index (κ3) is 3.52. The summed E-state index contributed by atoms with van der Waals surface area (Å²) in [5, 5.41) is 2.57. The Hall–Kier alpha value is -1.43. The first-order valence-electron chi connectivity index (χ1n) is 5.21. The van der Waals surface area contributed by atoms with E-state index in [-0.39, 0.29) is 17.8 Å². The number of nitrogens with zero attached hydrogens (tertiary/aromatic N) is 2. The molecule has 0 fully saturated rings. The van der Waals surface area contributed by atoms with Gasteiger partial charge in [-0.25, -0.2) is 4.98 Å². The van der Waals surface area contributed by atoms with Crippen LogP contribution in [-0.2, 0) is 9.53 Å². The van der Waals surface area contributed by atoms with Crippen LogP contribution in [0, 0.1) is 12.8 Å². The van der Waals surface area contributed by atoms with Gasteiger partial charge in [-0.2, -0.15) is 0 Å². The quantitative estimate of drug-likeness (QED) is 0.763. The normalized spacial score (nSPS) is 12.0. The number of hydrogen-bond donors (Lipinski definition) is 0. The fourth-order valence-electron chi connectivity index (χ4n) is 1.43. The van der Waals surface area contributed by atoms with Gasteiger partial charge in [0.2, 0.25) is 0 Å².